The fourth-order valence-corrected chi connectivity index (χ4v) is 3.46. The number of hydrogen-bond acceptors (Lipinski definition) is 7. The van der Waals surface area contributed by atoms with Gasteiger partial charge in [0, 0.05) is 0 Å². The first-order valence-corrected chi connectivity index (χ1v) is 10.0. The van der Waals surface area contributed by atoms with Crippen LogP contribution in [0.15, 0.2) is 66.1 Å². The summed E-state index contributed by atoms with van der Waals surface area (Å²) >= 11 is 0. The number of aromatic nitrogens is 2. The van der Waals surface area contributed by atoms with Crippen LogP contribution in [0.3, 0.4) is 0 Å². The highest BCUT2D eigenvalue weighted by Gasteiger charge is 2.34. The fourth-order valence-electron chi connectivity index (χ4n) is 3.46. The van der Waals surface area contributed by atoms with Crippen LogP contribution in [0, 0.1) is 0 Å². The molecule has 2 heterocycles. The van der Waals surface area contributed by atoms with Gasteiger partial charge in [0.15, 0.2) is 0 Å². The minimum absolute atomic E-state index is 0.0881. The molecule has 0 bridgehead atoms. The average molecular weight is 434 g/mol. The normalized spacial score (nSPS) is 15.7. The van der Waals surface area contributed by atoms with Crippen molar-refractivity contribution in [3.8, 4) is 11.6 Å². The summed E-state index contributed by atoms with van der Waals surface area (Å²) in [5.74, 6) is 0.460. The van der Waals surface area contributed by atoms with Crippen molar-refractivity contribution in [1.29, 1.82) is 0 Å². The molecule has 1 aromatic heterocycles. The largest absolute Gasteiger partial charge is 0.497 e. The average Bonchev–Trinajstić information content (AvgIpc) is 2.82. The van der Waals surface area contributed by atoms with Crippen molar-refractivity contribution in [2.24, 2.45) is 0 Å². The molecule has 32 heavy (non-hydrogen) atoms. The summed E-state index contributed by atoms with van der Waals surface area (Å²) in [6.07, 6.45) is 1.40. The number of carbonyl (C=O) groups is 2. The van der Waals surface area contributed by atoms with E-state index in [0.717, 1.165) is 10.9 Å². The van der Waals surface area contributed by atoms with Gasteiger partial charge in [0.05, 0.1) is 41.9 Å². The summed E-state index contributed by atoms with van der Waals surface area (Å²) in [4.78, 5) is 33.7. The molecular formula is C23H22N4O5. The van der Waals surface area contributed by atoms with Crippen LogP contribution in [0.2, 0.25) is 0 Å². The lowest BCUT2D eigenvalue weighted by Crippen LogP contribution is -2.47. The van der Waals surface area contributed by atoms with Gasteiger partial charge in [0.1, 0.15) is 18.7 Å². The molecule has 1 aliphatic rings. The van der Waals surface area contributed by atoms with E-state index >= 15 is 0 Å². The Morgan fingerprint density at radius 3 is 2.62 bits per heavy atom. The summed E-state index contributed by atoms with van der Waals surface area (Å²) in [7, 11) is 1.57. The van der Waals surface area contributed by atoms with E-state index in [0.29, 0.717) is 22.9 Å². The van der Waals surface area contributed by atoms with Gasteiger partial charge in [-0.15, -0.1) is 0 Å². The van der Waals surface area contributed by atoms with Crippen molar-refractivity contribution < 1.29 is 23.8 Å². The molecule has 9 heteroatoms. The third-order valence-corrected chi connectivity index (χ3v) is 4.96. The van der Waals surface area contributed by atoms with Crippen LogP contribution in [0.4, 0.5) is 4.79 Å². The monoisotopic (exact) mass is 434 g/mol. The number of nitrogens with zero attached hydrogens (tertiary/aromatic N) is 2. The van der Waals surface area contributed by atoms with E-state index in [1.54, 1.807) is 38.3 Å². The number of esters is 1. The summed E-state index contributed by atoms with van der Waals surface area (Å²) in [5.41, 5.74) is 1.99. The summed E-state index contributed by atoms with van der Waals surface area (Å²) in [5, 5.41) is 6.19. The maximum absolute atomic E-state index is 12.9. The van der Waals surface area contributed by atoms with Crippen LogP contribution in [-0.4, -0.2) is 42.3 Å². The lowest BCUT2D eigenvalue weighted by Gasteiger charge is -2.29. The van der Waals surface area contributed by atoms with Gasteiger partial charge in [-0.3, -0.25) is 0 Å². The maximum atomic E-state index is 12.9. The van der Waals surface area contributed by atoms with Crippen LogP contribution >= 0.6 is 0 Å². The lowest BCUT2D eigenvalue weighted by atomic mass is 9.95. The Hall–Kier alpha value is -4.14. The Morgan fingerprint density at radius 1 is 1.09 bits per heavy atom. The number of fused-ring (bicyclic) bond motifs is 1. The van der Waals surface area contributed by atoms with Crippen LogP contribution in [0.5, 0.6) is 11.6 Å². The molecule has 0 spiro atoms. The van der Waals surface area contributed by atoms with Gasteiger partial charge in [0.2, 0.25) is 5.88 Å². The molecule has 164 valence electrons. The highest BCUT2D eigenvalue weighted by atomic mass is 16.5. The number of ether oxygens (including phenoxy) is 3. The number of rotatable bonds is 7. The number of benzene rings is 2. The number of para-hydroxylation sites is 1. The molecule has 0 saturated carbocycles. The Bertz CT molecular complexity index is 1170. The molecule has 2 amide bonds. The zero-order valence-electron chi connectivity index (χ0n) is 17.6. The fraction of sp³-hybridized carbons (Fsp3) is 0.217. The zero-order valence-corrected chi connectivity index (χ0v) is 17.6. The van der Waals surface area contributed by atoms with Crippen molar-refractivity contribution in [1.82, 2.24) is 20.6 Å². The molecule has 4 rings (SSSR count). The Kier molecular flexibility index (Phi) is 6.16. The molecule has 0 saturated heterocycles. The molecule has 0 aliphatic carbocycles. The molecular weight excluding hydrogens is 412 g/mol. The molecule has 3 aromatic rings. The first-order chi connectivity index (χ1) is 15.6. The molecule has 9 nitrogen and oxygen atoms in total. The van der Waals surface area contributed by atoms with E-state index in [-0.39, 0.29) is 18.8 Å². The Labute approximate surface area is 184 Å². The second-order valence-corrected chi connectivity index (χ2v) is 6.90. The first kappa shape index (κ1) is 21.1. The van der Waals surface area contributed by atoms with Gasteiger partial charge < -0.3 is 24.8 Å². The van der Waals surface area contributed by atoms with Crippen molar-refractivity contribution in [2.75, 3.05) is 20.3 Å². The second kappa shape index (κ2) is 9.34. The summed E-state index contributed by atoms with van der Waals surface area (Å²) in [6.45, 7) is 1.82. The van der Waals surface area contributed by atoms with Gasteiger partial charge in [-0.05, 0) is 36.8 Å². The van der Waals surface area contributed by atoms with E-state index in [4.69, 9.17) is 14.2 Å². The van der Waals surface area contributed by atoms with Crippen LogP contribution in [-0.2, 0) is 9.53 Å². The van der Waals surface area contributed by atoms with Gasteiger partial charge in [0.25, 0.3) is 0 Å². The number of carbonyl (C=O) groups excluding carboxylic acids is 2. The third kappa shape index (κ3) is 4.31. The minimum Gasteiger partial charge on any atom is -0.497 e. The van der Waals surface area contributed by atoms with Crippen molar-refractivity contribution in [2.45, 2.75) is 13.0 Å². The molecule has 0 fully saturated rings. The SMILES string of the molecule is CCOC(=O)C1=C(COc2ncnc3ccccc23)NC(=O)N[C@@H]1c1ccc(OC)cc1. The smallest absolute Gasteiger partial charge is 0.338 e. The van der Waals surface area contributed by atoms with Crippen molar-refractivity contribution >= 4 is 22.9 Å². The number of amides is 2. The second-order valence-electron chi connectivity index (χ2n) is 6.90. The van der Waals surface area contributed by atoms with Crippen LogP contribution < -0.4 is 20.1 Å². The zero-order chi connectivity index (χ0) is 22.5. The minimum atomic E-state index is -0.713. The number of nitrogens with one attached hydrogen (secondary N) is 2. The van der Waals surface area contributed by atoms with E-state index in [9.17, 15) is 9.59 Å². The Balaban J connectivity index is 1.70. The molecule has 2 aromatic carbocycles. The quantitative estimate of drug-likeness (QED) is 0.550. The van der Waals surface area contributed by atoms with Gasteiger partial charge in [-0.2, -0.15) is 0 Å². The maximum Gasteiger partial charge on any atom is 0.338 e. The molecule has 1 aliphatic heterocycles. The topological polar surface area (TPSA) is 112 Å². The van der Waals surface area contributed by atoms with Crippen LogP contribution in [0.25, 0.3) is 10.9 Å². The number of hydrogen-bond donors (Lipinski definition) is 2. The first-order valence-electron chi connectivity index (χ1n) is 10.0. The molecule has 0 unspecified atom stereocenters. The lowest BCUT2D eigenvalue weighted by molar-refractivity contribution is -0.139. The van der Waals surface area contributed by atoms with Crippen LogP contribution in [0.1, 0.15) is 18.5 Å². The predicted octanol–water partition coefficient (Wildman–Crippen LogP) is 2.89. The Morgan fingerprint density at radius 2 is 1.88 bits per heavy atom. The number of urea groups is 1. The van der Waals surface area contributed by atoms with Gasteiger partial charge >= 0.3 is 12.0 Å². The number of methoxy groups -OCH3 is 1. The molecule has 1 atom stereocenters. The van der Waals surface area contributed by atoms with Crippen molar-refractivity contribution in [3.05, 3.63) is 71.7 Å². The highest BCUT2D eigenvalue weighted by Crippen LogP contribution is 2.30. The van der Waals surface area contributed by atoms with Gasteiger partial charge in [-0.25, -0.2) is 19.6 Å². The van der Waals surface area contributed by atoms with E-state index in [1.165, 1.54) is 6.33 Å². The standard InChI is InChI=1S/C23H22N4O5/c1-3-31-22(28)19-18(12-32-21-16-6-4-5-7-17(16)24-13-25-21)26-23(29)27-20(19)14-8-10-15(30-2)11-9-14/h4-11,13,20H,3,12H2,1-2H3,(H2,26,27,29)/t20-/m1/s1. The summed E-state index contributed by atoms with van der Waals surface area (Å²) < 4.78 is 16.4. The third-order valence-electron chi connectivity index (χ3n) is 4.96. The summed E-state index contributed by atoms with van der Waals surface area (Å²) in [6, 6.07) is 13.3. The molecule has 2 N–H and O–H groups in total. The van der Waals surface area contributed by atoms with Gasteiger partial charge in [-0.1, -0.05) is 24.3 Å². The van der Waals surface area contributed by atoms with E-state index < -0.39 is 18.0 Å². The highest BCUT2D eigenvalue weighted by molar-refractivity contribution is 5.95. The van der Waals surface area contributed by atoms with E-state index in [2.05, 4.69) is 20.6 Å². The molecule has 0 radical (unpaired) electrons. The van der Waals surface area contributed by atoms with Crippen molar-refractivity contribution in [3.63, 3.8) is 0 Å². The van der Waals surface area contributed by atoms with E-state index in [1.807, 2.05) is 24.3 Å². The predicted molar refractivity (Wildman–Crippen MR) is 116 cm³/mol.